The van der Waals surface area contributed by atoms with E-state index in [2.05, 4.69) is 0 Å². The number of hydrogen-bond acceptors (Lipinski definition) is 4. The van der Waals surface area contributed by atoms with Gasteiger partial charge in [0.1, 0.15) is 11.6 Å². The van der Waals surface area contributed by atoms with Crippen LogP contribution in [0.3, 0.4) is 0 Å². The molecule has 0 atom stereocenters. The first-order valence-corrected chi connectivity index (χ1v) is 7.50. The molecule has 108 valence electrons. The van der Waals surface area contributed by atoms with Crippen molar-refractivity contribution in [2.45, 2.75) is 18.6 Å². The Labute approximate surface area is 116 Å². The molecule has 5 nitrogen and oxygen atoms in total. The Hall–Kier alpha value is -1.86. The second-order valence-corrected chi connectivity index (χ2v) is 5.87. The van der Waals surface area contributed by atoms with Gasteiger partial charge in [-0.25, -0.2) is 4.39 Å². The third kappa shape index (κ3) is 2.68. The summed E-state index contributed by atoms with van der Waals surface area (Å²) in [6.07, 6.45) is 0. The molecule has 0 spiro atoms. The van der Waals surface area contributed by atoms with Gasteiger partial charge >= 0.3 is 0 Å². The van der Waals surface area contributed by atoms with Gasteiger partial charge in [0, 0.05) is 6.54 Å². The fraction of sp³-hybridized carbons (Fsp3) is 0.231. The van der Waals surface area contributed by atoms with Crippen molar-refractivity contribution < 1.29 is 17.2 Å². The number of sulfonamides is 1. The molecule has 1 heterocycles. The molecule has 0 aliphatic rings. The largest absolute Gasteiger partial charge is 0.446 e. The summed E-state index contributed by atoms with van der Waals surface area (Å²) in [6, 6.07) is 8.25. The number of halogens is 1. The Kier molecular flexibility index (Phi) is 4.10. The maximum Gasteiger partial charge on any atom is 0.297 e. The first-order valence-electron chi connectivity index (χ1n) is 6.06. The monoisotopic (exact) mass is 298 g/mol. The van der Waals surface area contributed by atoms with E-state index in [4.69, 9.17) is 10.2 Å². The maximum absolute atomic E-state index is 13.3. The highest BCUT2D eigenvalue weighted by Gasteiger charge is 2.27. The number of nitrogens with zero attached hydrogens (tertiary/aromatic N) is 1. The highest BCUT2D eigenvalue weighted by atomic mass is 32.2. The molecule has 1 aromatic heterocycles. The molecule has 2 rings (SSSR count). The lowest BCUT2D eigenvalue weighted by Gasteiger charge is -2.21. The van der Waals surface area contributed by atoms with Crippen molar-refractivity contribution >= 4 is 15.7 Å². The second-order valence-electron chi connectivity index (χ2n) is 4.07. The normalized spacial score (nSPS) is 11.6. The topological polar surface area (TPSA) is 76.5 Å². The molecule has 0 saturated heterocycles. The fourth-order valence-corrected chi connectivity index (χ4v) is 3.24. The summed E-state index contributed by atoms with van der Waals surface area (Å²) in [5.41, 5.74) is 5.64. The highest BCUT2D eigenvalue weighted by molar-refractivity contribution is 7.92. The molecule has 2 N–H and O–H groups in total. The predicted octanol–water partition coefficient (Wildman–Crippen LogP) is 2.09. The quantitative estimate of drug-likeness (QED) is 0.917. The lowest BCUT2D eigenvalue weighted by Crippen LogP contribution is -2.30. The first-order chi connectivity index (χ1) is 9.48. The Morgan fingerprint density at radius 1 is 1.30 bits per heavy atom. The van der Waals surface area contributed by atoms with Crippen molar-refractivity contribution in [1.29, 1.82) is 0 Å². The molecule has 0 amide bonds. The van der Waals surface area contributed by atoms with Gasteiger partial charge < -0.3 is 10.2 Å². The van der Waals surface area contributed by atoms with E-state index in [1.807, 2.05) is 0 Å². The number of nitrogens with two attached hydrogens (primary N) is 1. The SMILES string of the molecule is CCN(c1cccc(F)c1)S(=O)(=O)c1ccc(CN)o1. The molecule has 0 bridgehead atoms. The summed E-state index contributed by atoms with van der Waals surface area (Å²) in [5, 5.41) is -0.205. The zero-order chi connectivity index (χ0) is 14.8. The molecular weight excluding hydrogens is 283 g/mol. The Morgan fingerprint density at radius 2 is 2.05 bits per heavy atom. The van der Waals surface area contributed by atoms with Crippen LogP contribution in [0.2, 0.25) is 0 Å². The lowest BCUT2D eigenvalue weighted by molar-refractivity contribution is 0.415. The van der Waals surface area contributed by atoms with Crippen molar-refractivity contribution in [2.75, 3.05) is 10.8 Å². The van der Waals surface area contributed by atoms with E-state index in [-0.39, 0.29) is 23.9 Å². The summed E-state index contributed by atoms with van der Waals surface area (Å²) >= 11 is 0. The summed E-state index contributed by atoms with van der Waals surface area (Å²) in [6.45, 7) is 1.93. The molecule has 20 heavy (non-hydrogen) atoms. The molecule has 0 radical (unpaired) electrons. The standard InChI is InChI=1S/C13H15FN2O3S/c1-2-16(11-5-3-4-10(14)8-11)20(17,18)13-7-6-12(9-15)19-13/h3-8H,2,9,15H2,1H3. The van der Waals surface area contributed by atoms with Gasteiger partial charge in [0.25, 0.3) is 10.0 Å². The highest BCUT2D eigenvalue weighted by Crippen LogP contribution is 2.25. The maximum atomic E-state index is 13.3. The zero-order valence-corrected chi connectivity index (χ0v) is 11.7. The molecule has 2 aromatic rings. The minimum Gasteiger partial charge on any atom is -0.446 e. The number of benzene rings is 1. The summed E-state index contributed by atoms with van der Waals surface area (Å²) in [4.78, 5) is 0. The average molecular weight is 298 g/mol. The average Bonchev–Trinajstić information content (AvgIpc) is 2.89. The number of anilines is 1. The van der Waals surface area contributed by atoms with Gasteiger partial charge in [0.05, 0.1) is 12.2 Å². The molecule has 0 unspecified atom stereocenters. The molecule has 0 fully saturated rings. The van der Waals surface area contributed by atoms with Crippen LogP contribution in [0.4, 0.5) is 10.1 Å². The van der Waals surface area contributed by atoms with Crippen molar-refractivity contribution in [1.82, 2.24) is 0 Å². The van der Waals surface area contributed by atoms with E-state index in [1.165, 1.54) is 30.3 Å². The summed E-state index contributed by atoms with van der Waals surface area (Å²) in [7, 11) is -3.87. The van der Waals surface area contributed by atoms with E-state index in [1.54, 1.807) is 6.92 Å². The van der Waals surface area contributed by atoms with Crippen LogP contribution in [0, 0.1) is 5.82 Å². The van der Waals surface area contributed by atoms with E-state index in [9.17, 15) is 12.8 Å². The van der Waals surface area contributed by atoms with Gasteiger partial charge in [-0.05, 0) is 37.3 Å². The van der Waals surface area contributed by atoms with Crippen LogP contribution in [0.25, 0.3) is 0 Å². The lowest BCUT2D eigenvalue weighted by atomic mass is 10.3. The van der Waals surface area contributed by atoms with Crippen molar-refractivity contribution in [2.24, 2.45) is 5.73 Å². The zero-order valence-electron chi connectivity index (χ0n) is 10.9. The Morgan fingerprint density at radius 3 is 2.60 bits per heavy atom. The Balaban J connectivity index is 2.44. The first kappa shape index (κ1) is 14.5. The molecule has 1 aromatic carbocycles. The fourth-order valence-electron chi connectivity index (χ4n) is 1.84. The number of furan rings is 1. The predicted molar refractivity (Wildman–Crippen MR) is 73.2 cm³/mol. The van der Waals surface area contributed by atoms with E-state index in [0.717, 1.165) is 10.4 Å². The van der Waals surface area contributed by atoms with Gasteiger partial charge in [-0.15, -0.1) is 0 Å². The molecule has 0 aliphatic heterocycles. The number of hydrogen-bond donors (Lipinski definition) is 1. The van der Waals surface area contributed by atoms with E-state index >= 15 is 0 Å². The van der Waals surface area contributed by atoms with Crippen LogP contribution in [0.5, 0.6) is 0 Å². The van der Waals surface area contributed by atoms with Crippen LogP contribution < -0.4 is 10.0 Å². The van der Waals surface area contributed by atoms with Crippen LogP contribution >= 0.6 is 0 Å². The summed E-state index contributed by atoms with van der Waals surface area (Å²) in [5.74, 6) is -0.128. The molecule has 0 aliphatic carbocycles. The van der Waals surface area contributed by atoms with Crippen LogP contribution in [0.1, 0.15) is 12.7 Å². The minimum atomic E-state index is -3.87. The summed E-state index contributed by atoms with van der Waals surface area (Å²) < 4.78 is 44.5. The van der Waals surface area contributed by atoms with Crippen molar-refractivity contribution in [3.8, 4) is 0 Å². The van der Waals surface area contributed by atoms with Gasteiger partial charge in [-0.2, -0.15) is 8.42 Å². The van der Waals surface area contributed by atoms with E-state index in [0.29, 0.717) is 5.76 Å². The second kappa shape index (κ2) is 5.64. The van der Waals surface area contributed by atoms with Crippen LogP contribution in [-0.4, -0.2) is 15.0 Å². The van der Waals surface area contributed by atoms with Crippen molar-refractivity contribution in [3.05, 3.63) is 48.0 Å². The third-order valence-electron chi connectivity index (χ3n) is 2.77. The van der Waals surface area contributed by atoms with Gasteiger partial charge in [0.15, 0.2) is 0 Å². The minimum absolute atomic E-state index is 0.113. The smallest absolute Gasteiger partial charge is 0.297 e. The molecular formula is C13H15FN2O3S. The van der Waals surface area contributed by atoms with E-state index < -0.39 is 15.8 Å². The van der Waals surface area contributed by atoms with Gasteiger partial charge in [-0.1, -0.05) is 6.07 Å². The van der Waals surface area contributed by atoms with Crippen molar-refractivity contribution in [3.63, 3.8) is 0 Å². The van der Waals surface area contributed by atoms with Gasteiger partial charge in [0.2, 0.25) is 5.09 Å². The third-order valence-corrected chi connectivity index (χ3v) is 4.54. The van der Waals surface area contributed by atoms with Gasteiger partial charge in [-0.3, -0.25) is 4.31 Å². The molecule has 0 saturated carbocycles. The Bertz CT molecular complexity index is 697. The van der Waals surface area contributed by atoms with Crippen LogP contribution in [0.15, 0.2) is 45.9 Å². The van der Waals surface area contributed by atoms with Crippen LogP contribution in [-0.2, 0) is 16.6 Å². The molecule has 7 heteroatoms. The number of rotatable bonds is 5.